The molecule has 0 radical (unpaired) electrons. The van der Waals surface area contributed by atoms with Crippen molar-refractivity contribution in [3.63, 3.8) is 0 Å². The molecule has 1 saturated carbocycles. The maximum Gasteiger partial charge on any atom is 0.191 e. The van der Waals surface area contributed by atoms with Crippen LogP contribution in [0.5, 0.6) is 0 Å². The van der Waals surface area contributed by atoms with Crippen LogP contribution in [-0.2, 0) is 11.3 Å². The van der Waals surface area contributed by atoms with Crippen molar-refractivity contribution in [2.45, 2.75) is 32.7 Å². The molecule has 122 valence electrons. The van der Waals surface area contributed by atoms with Gasteiger partial charge >= 0.3 is 0 Å². The quantitative estimate of drug-likeness (QED) is 0.441. The fraction of sp³-hybridized carbons (Fsp3) is 0.588. The number of nitrogens with one attached hydrogen (secondary N) is 2. The molecule has 2 N–H and O–H groups in total. The van der Waals surface area contributed by atoms with E-state index in [0.717, 1.165) is 37.7 Å². The monoisotopic (exact) mass is 307 g/mol. The third-order valence-corrected chi connectivity index (χ3v) is 4.17. The van der Waals surface area contributed by atoms with Crippen molar-refractivity contribution in [3.8, 4) is 0 Å². The van der Waals surface area contributed by atoms with Gasteiger partial charge in [-0.15, -0.1) is 0 Å². The standard InChI is InChI=1S/C17H26FN3O/c1-3-22-11-10-17(8-9-17)13-21-16(19-2)20-12-14-4-6-15(18)7-5-14/h4-7H,3,8-13H2,1-2H3,(H2,19,20,21). The van der Waals surface area contributed by atoms with Gasteiger partial charge in [-0.05, 0) is 49.3 Å². The topological polar surface area (TPSA) is 45.6 Å². The Morgan fingerprint density at radius 1 is 1.27 bits per heavy atom. The van der Waals surface area contributed by atoms with Gasteiger partial charge in [0.25, 0.3) is 0 Å². The largest absolute Gasteiger partial charge is 0.382 e. The summed E-state index contributed by atoms with van der Waals surface area (Å²) in [4.78, 5) is 4.24. The molecule has 0 spiro atoms. The van der Waals surface area contributed by atoms with Crippen LogP contribution in [0.15, 0.2) is 29.3 Å². The van der Waals surface area contributed by atoms with Crippen LogP contribution in [0.1, 0.15) is 31.7 Å². The molecule has 22 heavy (non-hydrogen) atoms. The molecule has 0 aromatic heterocycles. The SMILES string of the molecule is CCOCCC1(CNC(=NC)NCc2ccc(F)cc2)CC1. The molecule has 0 amide bonds. The third kappa shape index (κ3) is 5.30. The van der Waals surface area contributed by atoms with Crippen molar-refractivity contribution in [2.24, 2.45) is 10.4 Å². The van der Waals surface area contributed by atoms with E-state index in [4.69, 9.17) is 4.74 Å². The van der Waals surface area contributed by atoms with E-state index >= 15 is 0 Å². The average Bonchev–Trinajstić information content (AvgIpc) is 3.30. The summed E-state index contributed by atoms with van der Waals surface area (Å²) < 4.78 is 18.3. The number of hydrogen-bond donors (Lipinski definition) is 2. The van der Waals surface area contributed by atoms with Crippen molar-refractivity contribution in [1.82, 2.24) is 10.6 Å². The molecule has 0 aliphatic heterocycles. The van der Waals surface area contributed by atoms with Gasteiger partial charge in [0, 0.05) is 33.4 Å². The molecule has 4 nitrogen and oxygen atoms in total. The number of halogens is 1. The van der Waals surface area contributed by atoms with Gasteiger partial charge in [-0.3, -0.25) is 4.99 Å². The number of ether oxygens (including phenoxy) is 1. The highest BCUT2D eigenvalue weighted by Crippen LogP contribution is 2.48. The van der Waals surface area contributed by atoms with Gasteiger partial charge in [0.15, 0.2) is 5.96 Å². The summed E-state index contributed by atoms with van der Waals surface area (Å²) in [5, 5.41) is 6.65. The molecule has 0 bridgehead atoms. The van der Waals surface area contributed by atoms with Gasteiger partial charge < -0.3 is 15.4 Å². The van der Waals surface area contributed by atoms with E-state index < -0.39 is 0 Å². The first kappa shape index (κ1) is 16.7. The van der Waals surface area contributed by atoms with E-state index in [-0.39, 0.29) is 5.82 Å². The molecule has 0 atom stereocenters. The number of rotatable bonds is 8. The second-order valence-corrected chi connectivity index (χ2v) is 5.85. The summed E-state index contributed by atoms with van der Waals surface area (Å²) >= 11 is 0. The molecule has 0 unspecified atom stereocenters. The van der Waals surface area contributed by atoms with E-state index in [0.29, 0.717) is 12.0 Å². The zero-order valence-corrected chi connectivity index (χ0v) is 13.5. The predicted molar refractivity (Wildman–Crippen MR) is 87.4 cm³/mol. The summed E-state index contributed by atoms with van der Waals surface area (Å²) in [5.41, 5.74) is 1.41. The van der Waals surface area contributed by atoms with Crippen LogP contribution in [0.2, 0.25) is 0 Å². The molecular formula is C17H26FN3O. The van der Waals surface area contributed by atoms with Crippen molar-refractivity contribution in [2.75, 3.05) is 26.8 Å². The highest BCUT2D eigenvalue weighted by Gasteiger charge is 2.41. The normalized spacial score (nSPS) is 16.4. The highest BCUT2D eigenvalue weighted by atomic mass is 19.1. The van der Waals surface area contributed by atoms with Gasteiger partial charge in [0.1, 0.15) is 5.82 Å². The molecule has 0 heterocycles. The highest BCUT2D eigenvalue weighted by molar-refractivity contribution is 5.79. The van der Waals surface area contributed by atoms with E-state index in [1.54, 1.807) is 19.2 Å². The number of benzene rings is 1. The molecule has 2 rings (SSSR count). The summed E-state index contributed by atoms with van der Waals surface area (Å²) in [6.07, 6.45) is 3.60. The first-order valence-electron chi connectivity index (χ1n) is 7.94. The van der Waals surface area contributed by atoms with E-state index in [1.807, 2.05) is 6.92 Å². The van der Waals surface area contributed by atoms with Crippen LogP contribution in [0.3, 0.4) is 0 Å². The second-order valence-electron chi connectivity index (χ2n) is 5.85. The number of hydrogen-bond acceptors (Lipinski definition) is 2. The number of aliphatic imine (C=N–C) groups is 1. The van der Waals surface area contributed by atoms with Crippen LogP contribution in [0, 0.1) is 11.2 Å². The zero-order chi connectivity index (χ0) is 15.8. The molecule has 1 fully saturated rings. The maximum atomic E-state index is 12.9. The van der Waals surface area contributed by atoms with Crippen molar-refractivity contribution in [3.05, 3.63) is 35.6 Å². The van der Waals surface area contributed by atoms with Crippen LogP contribution >= 0.6 is 0 Å². The first-order chi connectivity index (χ1) is 10.7. The molecule has 1 aliphatic carbocycles. The lowest BCUT2D eigenvalue weighted by molar-refractivity contribution is 0.128. The van der Waals surface area contributed by atoms with Gasteiger partial charge in [0.2, 0.25) is 0 Å². The third-order valence-electron chi connectivity index (χ3n) is 4.17. The average molecular weight is 307 g/mol. The first-order valence-corrected chi connectivity index (χ1v) is 7.94. The molecule has 0 saturated heterocycles. The molecular weight excluding hydrogens is 281 g/mol. The molecule has 1 aromatic rings. The van der Waals surface area contributed by atoms with Crippen LogP contribution in [0.4, 0.5) is 4.39 Å². The minimum Gasteiger partial charge on any atom is -0.382 e. The Hall–Kier alpha value is -1.62. The molecule has 5 heteroatoms. The van der Waals surface area contributed by atoms with Crippen LogP contribution in [0.25, 0.3) is 0 Å². The van der Waals surface area contributed by atoms with Crippen molar-refractivity contribution >= 4 is 5.96 Å². The maximum absolute atomic E-state index is 12.9. The Kier molecular flexibility index (Phi) is 6.19. The Morgan fingerprint density at radius 2 is 2.00 bits per heavy atom. The summed E-state index contributed by atoms with van der Waals surface area (Å²) in [7, 11) is 1.76. The summed E-state index contributed by atoms with van der Waals surface area (Å²) in [5.74, 6) is 0.572. The van der Waals surface area contributed by atoms with Crippen LogP contribution in [-0.4, -0.2) is 32.8 Å². The minimum atomic E-state index is -0.212. The Labute approximate surface area is 132 Å². The minimum absolute atomic E-state index is 0.212. The fourth-order valence-corrected chi connectivity index (χ4v) is 2.40. The Bertz CT molecular complexity index is 483. The lowest BCUT2D eigenvalue weighted by Gasteiger charge is -2.18. The summed E-state index contributed by atoms with van der Waals surface area (Å²) in [6.45, 7) is 5.19. The zero-order valence-electron chi connectivity index (χ0n) is 13.5. The Morgan fingerprint density at radius 3 is 2.59 bits per heavy atom. The fourth-order valence-electron chi connectivity index (χ4n) is 2.40. The van der Waals surface area contributed by atoms with Gasteiger partial charge in [-0.1, -0.05) is 12.1 Å². The smallest absolute Gasteiger partial charge is 0.191 e. The summed E-state index contributed by atoms with van der Waals surface area (Å²) in [6, 6.07) is 6.50. The lowest BCUT2D eigenvalue weighted by atomic mass is 10.0. The van der Waals surface area contributed by atoms with Crippen molar-refractivity contribution < 1.29 is 9.13 Å². The molecule has 1 aromatic carbocycles. The predicted octanol–water partition coefficient (Wildman–Crippen LogP) is 2.70. The Balaban J connectivity index is 1.72. The van der Waals surface area contributed by atoms with E-state index in [9.17, 15) is 4.39 Å². The van der Waals surface area contributed by atoms with Crippen molar-refractivity contribution in [1.29, 1.82) is 0 Å². The van der Waals surface area contributed by atoms with Gasteiger partial charge in [-0.25, -0.2) is 4.39 Å². The van der Waals surface area contributed by atoms with E-state index in [1.165, 1.54) is 25.0 Å². The van der Waals surface area contributed by atoms with Gasteiger partial charge in [-0.2, -0.15) is 0 Å². The second kappa shape index (κ2) is 8.13. The van der Waals surface area contributed by atoms with Crippen LogP contribution < -0.4 is 10.6 Å². The molecule has 1 aliphatic rings. The number of nitrogens with zero attached hydrogens (tertiary/aromatic N) is 1. The van der Waals surface area contributed by atoms with Gasteiger partial charge in [0.05, 0.1) is 0 Å². The number of guanidine groups is 1. The lowest BCUT2D eigenvalue weighted by Crippen LogP contribution is -2.40. The van der Waals surface area contributed by atoms with E-state index in [2.05, 4.69) is 15.6 Å².